The normalized spacial score (nSPS) is 18.6. The van der Waals surface area contributed by atoms with Crippen molar-refractivity contribution in [3.8, 4) is 5.75 Å². The summed E-state index contributed by atoms with van der Waals surface area (Å²) in [6.07, 6.45) is 2.91. The van der Waals surface area contributed by atoms with E-state index in [1.54, 1.807) is 47.6 Å². The van der Waals surface area contributed by atoms with E-state index in [-0.39, 0.29) is 30.0 Å². The van der Waals surface area contributed by atoms with Gasteiger partial charge >= 0.3 is 0 Å². The molecule has 2 heterocycles. The molecule has 0 aliphatic carbocycles. The second-order valence-corrected chi connectivity index (χ2v) is 8.67. The smallest absolute Gasteiger partial charge is 0.254 e. The molecular weight excluding hydrogens is 354 g/mol. The van der Waals surface area contributed by atoms with Crippen molar-refractivity contribution in [3.63, 3.8) is 0 Å². The average Bonchev–Trinajstić information content (AvgIpc) is 3.27. The van der Waals surface area contributed by atoms with Gasteiger partial charge in [-0.3, -0.25) is 4.79 Å². The summed E-state index contributed by atoms with van der Waals surface area (Å²) in [5.74, 6) is 1.25. The first kappa shape index (κ1) is 18.5. The summed E-state index contributed by atoms with van der Waals surface area (Å²) in [5.41, 5.74) is 0.504. The first-order valence-corrected chi connectivity index (χ1v) is 10.6. The Morgan fingerprint density at radius 1 is 1.27 bits per heavy atom. The van der Waals surface area contributed by atoms with Gasteiger partial charge in [-0.05, 0) is 49.2 Å². The van der Waals surface area contributed by atoms with Crippen LogP contribution in [0.1, 0.15) is 35.9 Å². The Bertz CT molecular complexity index is 827. The molecule has 0 bridgehead atoms. The van der Waals surface area contributed by atoms with Gasteiger partial charge in [0.2, 0.25) is 0 Å². The molecule has 1 fully saturated rings. The van der Waals surface area contributed by atoms with Gasteiger partial charge in [0.25, 0.3) is 5.91 Å². The van der Waals surface area contributed by atoms with Crippen LogP contribution in [0.3, 0.4) is 0 Å². The molecule has 1 amide bonds. The van der Waals surface area contributed by atoms with Crippen LogP contribution in [0.15, 0.2) is 47.1 Å². The maximum atomic E-state index is 13.0. The first-order valence-electron chi connectivity index (χ1n) is 8.75. The second kappa shape index (κ2) is 7.95. The van der Waals surface area contributed by atoms with Gasteiger partial charge in [-0.15, -0.1) is 0 Å². The van der Waals surface area contributed by atoms with Gasteiger partial charge in [0.1, 0.15) is 11.5 Å². The van der Waals surface area contributed by atoms with Crippen molar-refractivity contribution in [2.75, 3.05) is 18.1 Å². The molecular formula is C19H23NO5S. The van der Waals surface area contributed by atoms with E-state index in [9.17, 15) is 13.2 Å². The highest BCUT2D eigenvalue weighted by molar-refractivity contribution is 7.91. The zero-order chi connectivity index (χ0) is 18.6. The fraction of sp³-hybridized carbons (Fsp3) is 0.421. The fourth-order valence-electron chi connectivity index (χ4n) is 3.04. The summed E-state index contributed by atoms with van der Waals surface area (Å²) in [5, 5.41) is 0. The third-order valence-corrected chi connectivity index (χ3v) is 6.14. The molecule has 0 radical (unpaired) electrons. The molecule has 2 aromatic rings. The number of carbonyl (C=O) groups excluding carboxylic acids is 1. The molecule has 0 saturated carbocycles. The van der Waals surface area contributed by atoms with Gasteiger partial charge in [0.05, 0.1) is 30.9 Å². The number of furan rings is 1. The number of nitrogens with zero attached hydrogens (tertiary/aromatic N) is 1. The van der Waals surface area contributed by atoms with Gasteiger partial charge in [0.15, 0.2) is 9.84 Å². The number of hydrogen-bond acceptors (Lipinski definition) is 5. The van der Waals surface area contributed by atoms with Crippen molar-refractivity contribution in [2.24, 2.45) is 0 Å². The van der Waals surface area contributed by atoms with Gasteiger partial charge < -0.3 is 14.1 Å². The van der Waals surface area contributed by atoms with E-state index in [1.165, 1.54) is 0 Å². The van der Waals surface area contributed by atoms with Crippen LogP contribution in [0.2, 0.25) is 0 Å². The van der Waals surface area contributed by atoms with Crippen molar-refractivity contribution in [1.29, 1.82) is 0 Å². The second-order valence-electron chi connectivity index (χ2n) is 6.44. The first-order chi connectivity index (χ1) is 12.5. The van der Waals surface area contributed by atoms with Gasteiger partial charge in [-0.1, -0.05) is 6.92 Å². The van der Waals surface area contributed by atoms with Gasteiger partial charge in [0, 0.05) is 11.6 Å². The van der Waals surface area contributed by atoms with E-state index in [0.717, 1.165) is 6.42 Å². The van der Waals surface area contributed by atoms with Crippen molar-refractivity contribution in [3.05, 3.63) is 54.0 Å². The predicted octanol–water partition coefficient (Wildman–Crippen LogP) is 2.90. The molecule has 1 aliphatic rings. The Morgan fingerprint density at radius 2 is 2.04 bits per heavy atom. The highest BCUT2D eigenvalue weighted by Gasteiger charge is 2.35. The number of benzene rings is 1. The monoisotopic (exact) mass is 377 g/mol. The van der Waals surface area contributed by atoms with Crippen LogP contribution in [0.4, 0.5) is 0 Å². The maximum absolute atomic E-state index is 13.0. The van der Waals surface area contributed by atoms with Gasteiger partial charge in [-0.25, -0.2) is 8.42 Å². The molecule has 7 heteroatoms. The molecule has 1 aromatic carbocycles. The summed E-state index contributed by atoms with van der Waals surface area (Å²) < 4.78 is 34.7. The minimum Gasteiger partial charge on any atom is -0.494 e. The zero-order valence-corrected chi connectivity index (χ0v) is 15.6. The lowest BCUT2D eigenvalue weighted by atomic mass is 10.1. The van der Waals surface area contributed by atoms with Crippen molar-refractivity contribution in [2.45, 2.75) is 32.4 Å². The molecule has 140 valence electrons. The van der Waals surface area contributed by atoms with E-state index in [1.807, 2.05) is 6.92 Å². The number of rotatable bonds is 7. The summed E-state index contributed by atoms with van der Waals surface area (Å²) >= 11 is 0. The lowest BCUT2D eigenvalue weighted by Crippen LogP contribution is -2.40. The molecule has 1 aliphatic heterocycles. The lowest BCUT2D eigenvalue weighted by Gasteiger charge is -2.27. The summed E-state index contributed by atoms with van der Waals surface area (Å²) in [4.78, 5) is 14.6. The Hall–Kier alpha value is -2.28. The minimum absolute atomic E-state index is 0.00283. The molecule has 3 rings (SSSR count). The minimum atomic E-state index is -3.10. The Balaban J connectivity index is 1.80. The maximum Gasteiger partial charge on any atom is 0.254 e. The topological polar surface area (TPSA) is 76.8 Å². The molecule has 6 nitrogen and oxygen atoms in total. The van der Waals surface area contributed by atoms with Crippen molar-refractivity contribution < 1.29 is 22.4 Å². The van der Waals surface area contributed by atoms with Crippen LogP contribution >= 0.6 is 0 Å². The average molecular weight is 377 g/mol. The van der Waals surface area contributed by atoms with E-state index in [4.69, 9.17) is 9.15 Å². The molecule has 1 unspecified atom stereocenters. The van der Waals surface area contributed by atoms with Crippen LogP contribution in [0.5, 0.6) is 5.75 Å². The summed E-state index contributed by atoms with van der Waals surface area (Å²) in [6, 6.07) is 10.2. The van der Waals surface area contributed by atoms with Crippen LogP contribution in [0, 0.1) is 0 Å². The number of hydrogen-bond donors (Lipinski definition) is 0. The molecule has 1 atom stereocenters. The van der Waals surface area contributed by atoms with E-state index in [2.05, 4.69) is 0 Å². The molecule has 0 N–H and O–H groups in total. The largest absolute Gasteiger partial charge is 0.494 e. The highest BCUT2D eigenvalue weighted by Crippen LogP contribution is 2.23. The van der Waals surface area contributed by atoms with Crippen molar-refractivity contribution in [1.82, 2.24) is 4.90 Å². The van der Waals surface area contributed by atoms with Crippen molar-refractivity contribution >= 4 is 15.7 Å². The zero-order valence-electron chi connectivity index (χ0n) is 14.8. The number of ether oxygens (including phenoxy) is 1. The van der Waals surface area contributed by atoms with Gasteiger partial charge in [-0.2, -0.15) is 0 Å². The number of amides is 1. The third kappa shape index (κ3) is 4.46. The Morgan fingerprint density at radius 3 is 2.62 bits per heavy atom. The standard InChI is InChI=1S/C19H23NO5S/c1-2-10-24-17-7-5-15(6-8-17)19(21)20(13-18-4-3-11-25-18)16-9-12-26(22,23)14-16/h3-8,11,16H,2,9-10,12-14H2,1H3. The molecule has 1 aromatic heterocycles. The molecule has 1 saturated heterocycles. The summed E-state index contributed by atoms with van der Waals surface area (Å²) in [6.45, 7) is 2.90. The number of carbonyl (C=O) groups is 1. The summed E-state index contributed by atoms with van der Waals surface area (Å²) in [7, 11) is -3.10. The van der Waals surface area contributed by atoms with Crippen LogP contribution in [0.25, 0.3) is 0 Å². The third-order valence-electron chi connectivity index (χ3n) is 4.39. The van der Waals surface area contributed by atoms with E-state index in [0.29, 0.717) is 30.1 Å². The van der Waals surface area contributed by atoms with Crippen LogP contribution < -0.4 is 4.74 Å². The highest BCUT2D eigenvalue weighted by atomic mass is 32.2. The Kier molecular flexibility index (Phi) is 5.66. The predicted molar refractivity (Wildman–Crippen MR) is 97.9 cm³/mol. The number of sulfone groups is 1. The van der Waals surface area contributed by atoms with Crippen LogP contribution in [-0.4, -0.2) is 43.4 Å². The van der Waals surface area contributed by atoms with E-state index < -0.39 is 9.84 Å². The lowest BCUT2D eigenvalue weighted by molar-refractivity contribution is 0.0666. The molecule has 0 spiro atoms. The van der Waals surface area contributed by atoms with E-state index >= 15 is 0 Å². The quantitative estimate of drug-likeness (QED) is 0.741. The fourth-order valence-corrected chi connectivity index (χ4v) is 4.77. The SMILES string of the molecule is CCCOc1ccc(C(=O)N(Cc2ccco2)C2CCS(=O)(=O)C2)cc1. The Labute approximate surface area is 153 Å². The van der Waals surface area contributed by atoms with Crippen LogP contribution in [-0.2, 0) is 16.4 Å². The molecule has 26 heavy (non-hydrogen) atoms.